The van der Waals surface area contributed by atoms with E-state index >= 15 is 0 Å². The number of likely N-dealkylation sites (N-methyl/N-ethyl adjacent to an activating group) is 2. The zero-order valence-electron chi connectivity index (χ0n) is 18.1. The number of amides is 1. The van der Waals surface area contributed by atoms with Crippen molar-refractivity contribution < 1.29 is 4.79 Å². The fraction of sp³-hybridized carbons (Fsp3) is 0.905. The van der Waals surface area contributed by atoms with Crippen LogP contribution >= 0.6 is 24.0 Å². The Morgan fingerprint density at radius 3 is 2.57 bits per heavy atom. The van der Waals surface area contributed by atoms with Crippen LogP contribution in [0.25, 0.3) is 0 Å². The van der Waals surface area contributed by atoms with Gasteiger partial charge in [-0.25, -0.2) is 4.99 Å². The Hall–Kier alpha value is -0.570. The third-order valence-corrected chi connectivity index (χ3v) is 6.92. The predicted octanol–water partition coefficient (Wildman–Crippen LogP) is 2.78. The van der Waals surface area contributed by atoms with Crippen LogP contribution in [0.5, 0.6) is 0 Å². The molecule has 3 aliphatic rings. The molecule has 0 aromatic rings. The third kappa shape index (κ3) is 5.97. The van der Waals surface area contributed by atoms with Crippen LogP contribution in [0.4, 0.5) is 0 Å². The first-order valence-electron chi connectivity index (χ1n) is 11.0. The van der Waals surface area contributed by atoms with Crippen molar-refractivity contribution in [2.75, 3.05) is 53.4 Å². The number of guanidine groups is 1. The summed E-state index contributed by atoms with van der Waals surface area (Å²) >= 11 is 0. The van der Waals surface area contributed by atoms with Gasteiger partial charge in [-0.2, -0.15) is 0 Å². The van der Waals surface area contributed by atoms with Gasteiger partial charge in [-0.3, -0.25) is 9.69 Å². The molecule has 0 radical (unpaired) electrons. The van der Waals surface area contributed by atoms with E-state index in [0.29, 0.717) is 11.5 Å². The maximum Gasteiger partial charge on any atom is 0.243 e. The summed E-state index contributed by atoms with van der Waals surface area (Å²) in [7, 11) is 3.60. The van der Waals surface area contributed by atoms with Crippen LogP contribution in [0.15, 0.2) is 4.99 Å². The Bertz CT molecular complexity index is 533. The van der Waals surface area contributed by atoms with Crippen LogP contribution in [-0.4, -0.2) is 86.0 Å². The van der Waals surface area contributed by atoms with E-state index in [-0.39, 0.29) is 36.4 Å². The van der Waals surface area contributed by atoms with Crippen LogP contribution < -0.4 is 5.32 Å². The van der Waals surface area contributed by atoms with Gasteiger partial charge in [0.15, 0.2) is 5.96 Å². The molecule has 1 spiro atoms. The molecule has 1 saturated carbocycles. The number of halogens is 1. The first-order valence-corrected chi connectivity index (χ1v) is 11.0. The van der Waals surface area contributed by atoms with Gasteiger partial charge in [0, 0.05) is 39.8 Å². The fourth-order valence-electron chi connectivity index (χ4n) is 5.13. The minimum atomic E-state index is 0. The number of hydrogen-bond donors (Lipinski definition) is 1. The van der Waals surface area contributed by atoms with Crippen LogP contribution in [0.2, 0.25) is 0 Å². The van der Waals surface area contributed by atoms with Gasteiger partial charge in [0.05, 0.1) is 0 Å². The molecule has 1 amide bonds. The topological polar surface area (TPSA) is 51.2 Å². The number of aliphatic imine (C=N–C) groups is 1. The highest BCUT2D eigenvalue weighted by atomic mass is 127. The van der Waals surface area contributed by atoms with Crippen molar-refractivity contribution in [3.8, 4) is 0 Å². The predicted molar refractivity (Wildman–Crippen MR) is 126 cm³/mol. The smallest absolute Gasteiger partial charge is 0.243 e. The number of carbonyl (C=O) groups excluding carboxylic acids is 1. The molecule has 2 aliphatic heterocycles. The summed E-state index contributed by atoms with van der Waals surface area (Å²) in [6.07, 6.45) is 10.7. The molecule has 1 unspecified atom stereocenters. The van der Waals surface area contributed by atoms with Crippen LogP contribution in [-0.2, 0) is 4.79 Å². The van der Waals surface area contributed by atoms with Gasteiger partial charge < -0.3 is 15.1 Å². The molecule has 1 aliphatic carbocycles. The van der Waals surface area contributed by atoms with Gasteiger partial charge in [0.1, 0.15) is 6.54 Å². The zero-order valence-corrected chi connectivity index (χ0v) is 20.4. The lowest BCUT2D eigenvalue weighted by Crippen LogP contribution is -2.47. The summed E-state index contributed by atoms with van der Waals surface area (Å²) in [5.74, 6) is 1.02. The van der Waals surface area contributed by atoms with Gasteiger partial charge in [-0.15, -0.1) is 24.0 Å². The van der Waals surface area contributed by atoms with Gasteiger partial charge in [-0.05, 0) is 50.6 Å². The van der Waals surface area contributed by atoms with E-state index in [1.54, 1.807) is 19.0 Å². The summed E-state index contributed by atoms with van der Waals surface area (Å²) in [4.78, 5) is 23.4. The molecule has 6 nitrogen and oxygen atoms in total. The number of nitrogens with zero attached hydrogens (tertiary/aromatic N) is 4. The number of rotatable bonds is 5. The zero-order chi connectivity index (χ0) is 19.3. The highest BCUT2D eigenvalue weighted by Crippen LogP contribution is 2.43. The second-order valence-corrected chi connectivity index (χ2v) is 8.97. The summed E-state index contributed by atoms with van der Waals surface area (Å²) < 4.78 is 0. The summed E-state index contributed by atoms with van der Waals surface area (Å²) in [6, 6.07) is 0.594. The highest BCUT2D eigenvalue weighted by molar-refractivity contribution is 14.0. The van der Waals surface area contributed by atoms with E-state index < -0.39 is 0 Å². The molecule has 162 valence electrons. The quantitative estimate of drug-likeness (QED) is 0.355. The van der Waals surface area contributed by atoms with Gasteiger partial charge >= 0.3 is 0 Å². The molecule has 0 aromatic heterocycles. The Labute approximate surface area is 188 Å². The van der Waals surface area contributed by atoms with Crippen molar-refractivity contribution >= 4 is 35.8 Å². The van der Waals surface area contributed by atoms with Crippen LogP contribution in [0.1, 0.15) is 58.3 Å². The fourth-order valence-corrected chi connectivity index (χ4v) is 5.13. The van der Waals surface area contributed by atoms with E-state index in [4.69, 9.17) is 4.99 Å². The summed E-state index contributed by atoms with van der Waals surface area (Å²) in [5.41, 5.74) is 0.495. The maximum absolute atomic E-state index is 12.1. The lowest BCUT2D eigenvalue weighted by molar-refractivity contribution is -0.127. The number of hydrogen-bond acceptors (Lipinski definition) is 3. The van der Waals surface area contributed by atoms with E-state index in [0.717, 1.165) is 32.1 Å². The van der Waals surface area contributed by atoms with Crippen molar-refractivity contribution in [1.82, 2.24) is 20.0 Å². The second-order valence-electron chi connectivity index (χ2n) is 8.97. The Balaban J connectivity index is 0.00000280. The molecular weight excluding hydrogens is 465 g/mol. The largest absolute Gasteiger partial charge is 0.355 e. The SMILES string of the molecule is CCN1CCCC1CNC(=NCC(=O)N(C)C)N1CCC2(CCCCC2)C1.I. The molecule has 1 atom stereocenters. The molecular formula is C21H40IN5O. The van der Waals surface area contributed by atoms with Crippen molar-refractivity contribution in [2.24, 2.45) is 10.4 Å². The number of likely N-dealkylation sites (tertiary alicyclic amines) is 2. The van der Waals surface area contributed by atoms with E-state index in [1.807, 2.05) is 0 Å². The third-order valence-electron chi connectivity index (χ3n) is 6.92. The van der Waals surface area contributed by atoms with E-state index in [2.05, 4.69) is 22.0 Å². The molecule has 2 heterocycles. The van der Waals surface area contributed by atoms with E-state index in [9.17, 15) is 4.79 Å². The molecule has 1 N–H and O–H groups in total. The van der Waals surface area contributed by atoms with Crippen molar-refractivity contribution in [3.63, 3.8) is 0 Å². The average Bonchev–Trinajstić information content (AvgIpc) is 3.29. The van der Waals surface area contributed by atoms with Crippen molar-refractivity contribution in [2.45, 2.75) is 64.3 Å². The molecule has 2 saturated heterocycles. The second kappa shape index (κ2) is 11.0. The van der Waals surface area contributed by atoms with Gasteiger partial charge in [0.2, 0.25) is 5.91 Å². The molecule has 28 heavy (non-hydrogen) atoms. The number of carbonyl (C=O) groups is 1. The standard InChI is InChI=1S/C21H39N5O.HI/c1-4-25-13-8-9-18(25)15-22-20(23-16-19(27)24(2)3)26-14-12-21(17-26)10-6-5-7-11-21;/h18H,4-17H2,1-3H3,(H,22,23);1H. The monoisotopic (exact) mass is 505 g/mol. The first kappa shape index (κ1) is 23.7. The Morgan fingerprint density at radius 2 is 1.89 bits per heavy atom. The summed E-state index contributed by atoms with van der Waals surface area (Å²) in [5, 5.41) is 3.65. The highest BCUT2D eigenvalue weighted by Gasteiger charge is 2.40. The lowest BCUT2D eigenvalue weighted by atomic mass is 9.73. The summed E-state index contributed by atoms with van der Waals surface area (Å²) in [6.45, 7) is 7.93. The molecule has 0 bridgehead atoms. The normalized spacial score (nSPS) is 25.0. The molecule has 0 aromatic carbocycles. The first-order chi connectivity index (χ1) is 13.0. The van der Waals surface area contributed by atoms with Crippen LogP contribution in [0, 0.1) is 5.41 Å². The average molecular weight is 505 g/mol. The Morgan fingerprint density at radius 1 is 1.14 bits per heavy atom. The molecule has 3 fully saturated rings. The van der Waals surface area contributed by atoms with Gasteiger partial charge in [-0.1, -0.05) is 26.2 Å². The molecule has 3 rings (SSSR count). The number of nitrogens with one attached hydrogen (secondary N) is 1. The van der Waals surface area contributed by atoms with Gasteiger partial charge in [0.25, 0.3) is 0 Å². The van der Waals surface area contributed by atoms with Crippen molar-refractivity contribution in [3.05, 3.63) is 0 Å². The minimum absolute atomic E-state index is 0. The Kier molecular flexibility index (Phi) is 9.31. The van der Waals surface area contributed by atoms with E-state index in [1.165, 1.54) is 57.9 Å². The van der Waals surface area contributed by atoms with Crippen molar-refractivity contribution in [1.29, 1.82) is 0 Å². The maximum atomic E-state index is 12.1. The van der Waals surface area contributed by atoms with Crippen LogP contribution in [0.3, 0.4) is 0 Å². The lowest BCUT2D eigenvalue weighted by Gasteiger charge is -2.34. The molecule has 7 heteroatoms. The minimum Gasteiger partial charge on any atom is -0.355 e.